The number of urea groups is 1. The largest absolute Gasteiger partial charge is 0.492 e. The van der Waals surface area contributed by atoms with Crippen LogP contribution < -0.4 is 9.64 Å². The van der Waals surface area contributed by atoms with Gasteiger partial charge in [-0.25, -0.2) is 14.5 Å². The Morgan fingerprint density at radius 1 is 1.00 bits per heavy atom. The van der Waals surface area contributed by atoms with E-state index in [1.807, 2.05) is 48.5 Å². The van der Waals surface area contributed by atoms with Gasteiger partial charge in [0.05, 0.1) is 28.9 Å². The van der Waals surface area contributed by atoms with Gasteiger partial charge in [-0.3, -0.25) is 4.79 Å². The van der Waals surface area contributed by atoms with Crippen LogP contribution in [0.15, 0.2) is 60.7 Å². The number of anilines is 1. The quantitative estimate of drug-likeness (QED) is 0.183. The zero-order valence-electron chi connectivity index (χ0n) is 20.2. The van der Waals surface area contributed by atoms with Gasteiger partial charge >= 0.3 is 6.03 Å². The van der Waals surface area contributed by atoms with Crippen molar-refractivity contribution in [3.63, 3.8) is 0 Å². The van der Waals surface area contributed by atoms with E-state index in [2.05, 4.69) is 4.85 Å². The summed E-state index contributed by atoms with van der Waals surface area (Å²) in [4.78, 5) is 32.6. The lowest BCUT2D eigenvalue weighted by Gasteiger charge is -2.27. The summed E-state index contributed by atoms with van der Waals surface area (Å²) in [7, 11) is 0. The molecule has 1 aliphatic rings. The van der Waals surface area contributed by atoms with Gasteiger partial charge in [-0.2, -0.15) is 0 Å². The summed E-state index contributed by atoms with van der Waals surface area (Å²) in [5.41, 5.74) is 2.20. The number of rotatable bonds is 7. The van der Waals surface area contributed by atoms with Crippen molar-refractivity contribution < 1.29 is 14.3 Å². The highest BCUT2D eigenvalue weighted by molar-refractivity contribution is 6.35. The second kappa shape index (κ2) is 10.2. The van der Waals surface area contributed by atoms with Crippen LogP contribution in [0.2, 0.25) is 10.0 Å². The van der Waals surface area contributed by atoms with Gasteiger partial charge in [0, 0.05) is 6.54 Å². The number of hydrogen-bond donors (Lipinski definition) is 0. The zero-order valence-corrected chi connectivity index (χ0v) is 21.7. The summed E-state index contributed by atoms with van der Waals surface area (Å²) in [6, 6.07) is 18.3. The minimum Gasteiger partial charge on any atom is -0.492 e. The predicted molar refractivity (Wildman–Crippen MR) is 143 cm³/mol. The molecular weight excluding hydrogens is 497 g/mol. The van der Waals surface area contributed by atoms with Gasteiger partial charge in [0.15, 0.2) is 0 Å². The van der Waals surface area contributed by atoms with Crippen molar-refractivity contribution >= 4 is 46.5 Å². The first kappa shape index (κ1) is 25.6. The third-order valence-electron chi connectivity index (χ3n) is 6.34. The van der Waals surface area contributed by atoms with Gasteiger partial charge < -0.3 is 9.64 Å². The van der Waals surface area contributed by atoms with Crippen molar-refractivity contribution in [3.05, 3.63) is 87.7 Å². The van der Waals surface area contributed by atoms with Crippen molar-refractivity contribution in [2.45, 2.75) is 32.7 Å². The molecule has 6 nitrogen and oxygen atoms in total. The molecular formula is C28H25Cl2N3O3. The summed E-state index contributed by atoms with van der Waals surface area (Å²) in [5, 5.41) is 0.744. The first-order valence-electron chi connectivity index (χ1n) is 11.5. The van der Waals surface area contributed by atoms with Crippen LogP contribution in [0.1, 0.15) is 25.8 Å². The highest BCUT2D eigenvalue weighted by Gasteiger charge is 2.51. The fraction of sp³-hybridized carbons (Fsp3) is 0.250. The average molecular weight is 522 g/mol. The predicted octanol–water partition coefficient (Wildman–Crippen LogP) is 7.54. The molecule has 184 valence electrons. The van der Waals surface area contributed by atoms with Crippen LogP contribution >= 0.6 is 23.2 Å². The van der Waals surface area contributed by atoms with E-state index in [0.29, 0.717) is 41.6 Å². The summed E-state index contributed by atoms with van der Waals surface area (Å²) in [6.07, 6.45) is 0.503. The van der Waals surface area contributed by atoms with Crippen LogP contribution in [0.25, 0.3) is 16.0 Å². The third-order valence-corrected chi connectivity index (χ3v) is 7.12. The maximum atomic E-state index is 13.3. The molecule has 0 unspecified atom stereocenters. The van der Waals surface area contributed by atoms with E-state index >= 15 is 0 Å². The van der Waals surface area contributed by atoms with E-state index in [-0.39, 0.29) is 16.6 Å². The molecule has 1 aliphatic heterocycles. The highest BCUT2D eigenvalue weighted by Crippen LogP contribution is 2.39. The van der Waals surface area contributed by atoms with E-state index in [1.165, 1.54) is 11.0 Å². The molecule has 1 fully saturated rings. The Hall–Kier alpha value is -3.53. The molecule has 0 atom stereocenters. The number of carbonyl (C=O) groups is 2. The number of ether oxygens (including phenoxy) is 1. The van der Waals surface area contributed by atoms with Crippen molar-refractivity contribution in [2.75, 3.05) is 18.1 Å². The maximum Gasteiger partial charge on any atom is 0.332 e. The van der Waals surface area contributed by atoms with Crippen LogP contribution in [0, 0.1) is 13.5 Å². The molecule has 1 saturated heterocycles. The van der Waals surface area contributed by atoms with Gasteiger partial charge in [0.2, 0.25) is 5.69 Å². The van der Waals surface area contributed by atoms with E-state index in [4.69, 9.17) is 34.5 Å². The Bertz CT molecular complexity index is 1370. The summed E-state index contributed by atoms with van der Waals surface area (Å²) >= 11 is 12.7. The smallest absolute Gasteiger partial charge is 0.332 e. The van der Waals surface area contributed by atoms with E-state index < -0.39 is 11.6 Å². The van der Waals surface area contributed by atoms with Gasteiger partial charge in [0.25, 0.3) is 5.91 Å². The minimum atomic E-state index is -1.04. The van der Waals surface area contributed by atoms with Gasteiger partial charge in [-0.1, -0.05) is 65.7 Å². The summed E-state index contributed by atoms with van der Waals surface area (Å²) < 4.78 is 5.88. The van der Waals surface area contributed by atoms with E-state index in [1.54, 1.807) is 26.8 Å². The molecule has 3 aromatic carbocycles. The second-order valence-corrected chi connectivity index (χ2v) is 9.79. The molecule has 0 N–H and O–H groups in total. The number of carbonyl (C=O) groups excluding carboxylic acids is 2. The van der Waals surface area contributed by atoms with Crippen molar-refractivity contribution in [2.24, 2.45) is 0 Å². The molecule has 4 rings (SSSR count). The Kier molecular flexibility index (Phi) is 7.26. The topological polar surface area (TPSA) is 54.2 Å². The fourth-order valence-electron chi connectivity index (χ4n) is 4.25. The number of imide groups is 1. The van der Waals surface area contributed by atoms with Crippen LogP contribution in [0.5, 0.6) is 5.75 Å². The van der Waals surface area contributed by atoms with Crippen LogP contribution in [0.4, 0.5) is 16.2 Å². The average Bonchev–Trinajstić information content (AvgIpc) is 3.03. The Morgan fingerprint density at radius 3 is 2.39 bits per heavy atom. The second-order valence-electron chi connectivity index (χ2n) is 9.00. The monoisotopic (exact) mass is 521 g/mol. The number of benzene rings is 3. The van der Waals surface area contributed by atoms with Gasteiger partial charge in [-0.15, -0.1) is 0 Å². The molecule has 1 heterocycles. The number of amides is 3. The first-order chi connectivity index (χ1) is 17.2. The Labute approximate surface area is 220 Å². The van der Waals surface area contributed by atoms with Crippen LogP contribution in [0.3, 0.4) is 0 Å². The van der Waals surface area contributed by atoms with Gasteiger partial charge in [-0.05, 0) is 62.1 Å². The lowest BCUT2D eigenvalue weighted by atomic mass is 10.0. The molecule has 0 spiro atoms. The molecule has 0 aliphatic carbocycles. The van der Waals surface area contributed by atoms with Crippen molar-refractivity contribution in [1.29, 1.82) is 0 Å². The van der Waals surface area contributed by atoms with Crippen LogP contribution in [-0.2, 0) is 4.79 Å². The van der Waals surface area contributed by atoms with Crippen molar-refractivity contribution in [1.82, 2.24) is 4.90 Å². The molecule has 0 bridgehead atoms. The SMILES string of the molecule is [C-]#[N+]c1ccc(N2C(=O)N(CCCOc3ccc(-c4ccccc4)cc3Cl)C(C)(C)C2=O)c(C)c1Cl. The Morgan fingerprint density at radius 2 is 1.72 bits per heavy atom. The molecule has 8 heteroatoms. The Balaban J connectivity index is 1.42. The molecule has 36 heavy (non-hydrogen) atoms. The lowest BCUT2D eigenvalue weighted by molar-refractivity contribution is -0.123. The first-order valence-corrected chi connectivity index (χ1v) is 12.2. The molecule has 0 radical (unpaired) electrons. The highest BCUT2D eigenvalue weighted by atomic mass is 35.5. The number of hydrogen-bond acceptors (Lipinski definition) is 3. The summed E-state index contributed by atoms with van der Waals surface area (Å²) in [6.45, 7) is 13.0. The maximum absolute atomic E-state index is 13.3. The third kappa shape index (κ3) is 4.65. The number of halogens is 2. The standard InChI is InChI=1S/C28H25Cl2N3O3/c1-18-23(13-12-22(31-4)25(18)30)33-26(34)28(2,3)32(27(33)35)15-8-16-36-24-14-11-20(17-21(24)29)19-9-6-5-7-10-19/h5-7,9-14,17H,8,15-16H2,1-3H3. The normalized spacial score (nSPS) is 14.8. The molecule has 0 aromatic heterocycles. The summed E-state index contributed by atoms with van der Waals surface area (Å²) in [5.74, 6) is 0.217. The molecule has 0 saturated carbocycles. The van der Waals surface area contributed by atoms with Gasteiger partial charge in [0.1, 0.15) is 11.3 Å². The molecule has 3 aromatic rings. The van der Waals surface area contributed by atoms with E-state index in [0.717, 1.165) is 16.0 Å². The van der Waals surface area contributed by atoms with E-state index in [9.17, 15) is 9.59 Å². The minimum absolute atomic E-state index is 0.239. The number of nitrogens with zero attached hydrogens (tertiary/aromatic N) is 3. The molecule has 3 amide bonds. The zero-order chi connectivity index (χ0) is 26.0. The fourth-order valence-corrected chi connectivity index (χ4v) is 4.68. The van der Waals surface area contributed by atoms with Crippen molar-refractivity contribution in [3.8, 4) is 16.9 Å². The van der Waals surface area contributed by atoms with Crippen LogP contribution in [-0.4, -0.2) is 35.5 Å². The lowest BCUT2D eigenvalue weighted by Crippen LogP contribution is -2.44.